The molecule has 1 atom stereocenters. The minimum Gasteiger partial charge on any atom is -0.504 e. The fraction of sp³-hybridized carbons (Fsp3) is 0.143. The van der Waals surface area contributed by atoms with Gasteiger partial charge >= 0.3 is 0 Å². The average molecular weight is 298 g/mol. The number of halogens is 2. The maximum atomic E-state index is 13.7. The Labute approximate surface area is 116 Å². The molecule has 1 unspecified atom stereocenters. The van der Waals surface area contributed by atoms with Crippen molar-refractivity contribution in [2.75, 3.05) is 14.2 Å². The standard InChI is InChI=1S/C14H13F2O3P/c1-18-9-6-11(19-2)14(17)13(7-9)20-12-4-3-8(15)5-10(12)16/h3-7,17,20H,1-2H3. The highest BCUT2D eigenvalue weighted by Crippen LogP contribution is 2.33. The average Bonchev–Trinajstić information content (AvgIpc) is 2.43. The van der Waals surface area contributed by atoms with Gasteiger partial charge in [-0.3, -0.25) is 0 Å². The van der Waals surface area contributed by atoms with Gasteiger partial charge in [0, 0.05) is 22.7 Å². The number of methoxy groups -OCH3 is 2. The predicted molar refractivity (Wildman–Crippen MR) is 75.2 cm³/mol. The van der Waals surface area contributed by atoms with Gasteiger partial charge in [-0.05, 0) is 18.2 Å². The van der Waals surface area contributed by atoms with Gasteiger partial charge in [0.1, 0.15) is 17.4 Å². The van der Waals surface area contributed by atoms with Crippen LogP contribution in [0.25, 0.3) is 0 Å². The molecule has 2 aromatic carbocycles. The topological polar surface area (TPSA) is 38.7 Å². The van der Waals surface area contributed by atoms with Gasteiger partial charge in [-0.1, -0.05) is 8.58 Å². The minimum atomic E-state index is -0.649. The summed E-state index contributed by atoms with van der Waals surface area (Å²) in [6.45, 7) is 0. The molecule has 20 heavy (non-hydrogen) atoms. The van der Waals surface area contributed by atoms with E-state index in [4.69, 9.17) is 9.47 Å². The van der Waals surface area contributed by atoms with Crippen molar-refractivity contribution in [3.05, 3.63) is 42.0 Å². The lowest BCUT2D eigenvalue weighted by Gasteiger charge is -2.12. The lowest BCUT2D eigenvalue weighted by atomic mass is 10.3. The third-order valence-electron chi connectivity index (χ3n) is 2.70. The zero-order valence-electron chi connectivity index (χ0n) is 10.9. The molecule has 0 radical (unpaired) electrons. The fourth-order valence-corrected chi connectivity index (χ4v) is 2.79. The van der Waals surface area contributed by atoms with E-state index < -0.39 is 11.6 Å². The molecule has 3 nitrogen and oxygen atoms in total. The van der Waals surface area contributed by atoms with Crippen molar-refractivity contribution in [3.63, 3.8) is 0 Å². The van der Waals surface area contributed by atoms with Gasteiger partial charge in [-0.15, -0.1) is 0 Å². The van der Waals surface area contributed by atoms with E-state index in [1.165, 1.54) is 32.4 Å². The van der Waals surface area contributed by atoms with Crippen molar-refractivity contribution in [1.82, 2.24) is 0 Å². The first-order valence-electron chi connectivity index (χ1n) is 5.72. The second-order valence-corrected chi connectivity index (χ2v) is 5.30. The summed E-state index contributed by atoms with van der Waals surface area (Å²) >= 11 is 0. The summed E-state index contributed by atoms with van der Waals surface area (Å²) in [5, 5.41) is 10.8. The van der Waals surface area contributed by atoms with E-state index in [1.807, 2.05) is 0 Å². The SMILES string of the molecule is COc1cc(OC)c(O)c(Pc2ccc(F)cc2F)c1. The third-order valence-corrected chi connectivity index (χ3v) is 4.03. The molecule has 0 saturated heterocycles. The van der Waals surface area contributed by atoms with Crippen molar-refractivity contribution < 1.29 is 23.4 Å². The zero-order valence-corrected chi connectivity index (χ0v) is 11.9. The molecule has 0 aliphatic rings. The summed E-state index contributed by atoms with van der Waals surface area (Å²) < 4.78 is 36.7. The number of hydrogen-bond acceptors (Lipinski definition) is 3. The van der Waals surface area contributed by atoms with E-state index in [0.29, 0.717) is 16.4 Å². The van der Waals surface area contributed by atoms with E-state index in [9.17, 15) is 13.9 Å². The van der Waals surface area contributed by atoms with E-state index in [0.717, 1.165) is 6.07 Å². The highest BCUT2D eigenvalue weighted by Gasteiger charge is 2.14. The maximum absolute atomic E-state index is 13.7. The summed E-state index contributed by atoms with van der Waals surface area (Å²) in [6, 6.07) is 6.48. The third kappa shape index (κ3) is 2.99. The number of ether oxygens (including phenoxy) is 2. The van der Waals surface area contributed by atoms with Crippen LogP contribution in [0.1, 0.15) is 0 Å². The van der Waals surface area contributed by atoms with Crippen molar-refractivity contribution >= 4 is 19.2 Å². The van der Waals surface area contributed by atoms with Crippen LogP contribution in [0.5, 0.6) is 17.2 Å². The maximum Gasteiger partial charge on any atom is 0.165 e. The molecule has 0 saturated carbocycles. The predicted octanol–water partition coefficient (Wildman–Crippen LogP) is 2.32. The Morgan fingerprint density at radius 1 is 1.00 bits per heavy atom. The summed E-state index contributed by atoms with van der Waals surface area (Å²) in [4.78, 5) is 0. The molecule has 106 valence electrons. The quantitative estimate of drug-likeness (QED) is 0.880. The van der Waals surface area contributed by atoms with Gasteiger partial charge in [-0.2, -0.15) is 0 Å². The second kappa shape index (κ2) is 6.06. The summed E-state index contributed by atoms with van der Waals surface area (Å²) in [5.74, 6) is -0.623. The zero-order chi connectivity index (χ0) is 14.7. The lowest BCUT2D eigenvalue weighted by molar-refractivity contribution is 0.366. The number of hydrogen-bond donors (Lipinski definition) is 1. The normalized spacial score (nSPS) is 11.0. The highest BCUT2D eigenvalue weighted by molar-refractivity contribution is 7.55. The molecule has 0 heterocycles. The molecule has 2 aromatic rings. The number of phenols is 1. The van der Waals surface area contributed by atoms with E-state index in [2.05, 4.69) is 0 Å². The number of benzene rings is 2. The van der Waals surface area contributed by atoms with Crippen LogP contribution < -0.4 is 20.1 Å². The summed E-state index contributed by atoms with van der Waals surface area (Å²) in [7, 11) is 2.72. The Kier molecular flexibility index (Phi) is 4.40. The molecule has 1 N–H and O–H groups in total. The van der Waals surface area contributed by atoms with Crippen LogP contribution in [-0.2, 0) is 0 Å². The highest BCUT2D eigenvalue weighted by atomic mass is 31.1. The van der Waals surface area contributed by atoms with E-state index >= 15 is 0 Å². The second-order valence-electron chi connectivity index (χ2n) is 3.97. The van der Waals surface area contributed by atoms with Crippen molar-refractivity contribution in [2.24, 2.45) is 0 Å². The van der Waals surface area contributed by atoms with Crippen LogP contribution in [0.3, 0.4) is 0 Å². The minimum absolute atomic E-state index is 0.0737. The molecular weight excluding hydrogens is 285 g/mol. The van der Waals surface area contributed by atoms with E-state index in [-0.39, 0.29) is 20.1 Å². The molecule has 6 heteroatoms. The number of aromatic hydroxyl groups is 1. The molecular formula is C14H13F2O3P. The van der Waals surface area contributed by atoms with Gasteiger partial charge < -0.3 is 14.6 Å². The molecule has 0 aliphatic heterocycles. The smallest absolute Gasteiger partial charge is 0.165 e. The Morgan fingerprint density at radius 3 is 2.35 bits per heavy atom. The first kappa shape index (κ1) is 14.5. The van der Waals surface area contributed by atoms with E-state index in [1.54, 1.807) is 6.07 Å². The van der Waals surface area contributed by atoms with Crippen molar-refractivity contribution in [1.29, 1.82) is 0 Å². The summed E-state index contributed by atoms with van der Waals surface area (Å²) in [5.41, 5.74) is 0. The molecule has 0 aliphatic carbocycles. The summed E-state index contributed by atoms with van der Waals surface area (Å²) in [6.07, 6.45) is 0. The van der Waals surface area contributed by atoms with Crippen LogP contribution in [0.15, 0.2) is 30.3 Å². The molecule has 0 fully saturated rings. The van der Waals surface area contributed by atoms with Crippen molar-refractivity contribution in [3.8, 4) is 17.2 Å². The number of phenolic OH excluding ortho intramolecular Hbond substituents is 1. The van der Waals surface area contributed by atoms with Gasteiger partial charge in [0.15, 0.2) is 11.5 Å². The lowest BCUT2D eigenvalue weighted by Crippen LogP contribution is -2.09. The monoisotopic (exact) mass is 298 g/mol. The molecule has 0 spiro atoms. The van der Waals surface area contributed by atoms with Crippen molar-refractivity contribution in [2.45, 2.75) is 0 Å². The van der Waals surface area contributed by atoms with Crippen LogP contribution in [0.2, 0.25) is 0 Å². The first-order valence-corrected chi connectivity index (χ1v) is 6.72. The molecule has 0 bridgehead atoms. The van der Waals surface area contributed by atoms with Gasteiger partial charge in [-0.25, -0.2) is 8.78 Å². The molecule has 2 rings (SSSR count). The molecule has 0 amide bonds. The Morgan fingerprint density at radius 2 is 1.75 bits per heavy atom. The van der Waals surface area contributed by atoms with Crippen LogP contribution in [0, 0.1) is 11.6 Å². The fourth-order valence-electron chi connectivity index (χ4n) is 1.69. The van der Waals surface area contributed by atoms with Gasteiger partial charge in [0.05, 0.1) is 14.2 Å². The largest absolute Gasteiger partial charge is 0.504 e. The molecule has 0 aromatic heterocycles. The Balaban J connectivity index is 2.42. The van der Waals surface area contributed by atoms with Gasteiger partial charge in [0.25, 0.3) is 0 Å². The van der Waals surface area contributed by atoms with Gasteiger partial charge in [0.2, 0.25) is 0 Å². The van der Waals surface area contributed by atoms with Crippen LogP contribution in [0.4, 0.5) is 8.78 Å². The Bertz CT molecular complexity index is 632. The first-order chi connectivity index (χ1) is 9.55. The Hall–Kier alpha value is -1.87. The number of rotatable bonds is 4. The van der Waals surface area contributed by atoms with Crippen LogP contribution >= 0.6 is 8.58 Å². The van der Waals surface area contributed by atoms with Crippen LogP contribution in [-0.4, -0.2) is 19.3 Å².